The van der Waals surface area contributed by atoms with Crippen molar-refractivity contribution in [1.29, 1.82) is 0 Å². The first-order chi connectivity index (χ1) is 9.27. The zero-order chi connectivity index (χ0) is 13.9. The molecule has 1 heteroatoms. The molecule has 0 saturated heterocycles. The summed E-state index contributed by atoms with van der Waals surface area (Å²) < 4.78 is 0. The third-order valence-corrected chi connectivity index (χ3v) is 4.90. The smallest absolute Gasteiger partial charge is 0.00951 e. The summed E-state index contributed by atoms with van der Waals surface area (Å²) in [5.41, 5.74) is 0. The van der Waals surface area contributed by atoms with Gasteiger partial charge < -0.3 is 5.32 Å². The topological polar surface area (TPSA) is 12.0 Å². The van der Waals surface area contributed by atoms with Crippen LogP contribution in [0, 0.1) is 5.92 Å². The lowest BCUT2D eigenvalue weighted by Gasteiger charge is -2.32. The van der Waals surface area contributed by atoms with Crippen molar-refractivity contribution in [3.8, 4) is 0 Å². The van der Waals surface area contributed by atoms with Gasteiger partial charge in [0.2, 0.25) is 0 Å². The van der Waals surface area contributed by atoms with Crippen LogP contribution in [0.2, 0.25) is 0 Å². The summed E-state index contributed by atoms with van der Waals surface area (Å²) in [5, 5.41) is 3.93. The molecule has 0 radical (unpaired) electrons. The van der Waals surface area contributed by atoms with E-state index in [1.807, 2.05) is 0 Å². The van der Waals surface area contributed by atoms with Gasteiger partial charge in [-0.3, -0.25) is 0 Å². The second-order valence-corrected chi connectivity index (χ2v) is 6.68. The molecule has 0 aromatic rings. The Labute approximate surface area is 121 Å². The quantitative estimate of drug-likeness (QED) is 0.502. The van der Waals surface area contributed by atoms with E-state index in [9.17, 15) is 0 Å². The lowest BCUT2D eigenvalue weighted by atomic mass is 9.82. The molecule has 2 unspecified atom stereocenters. The Morgan fingerprint density at radius 3 is 2.26 bits per heavy atom. The van der Waals surface area contributed by atoms with Crippen LogP contribution in [0.1, 0.15) is 97.8 Å². The van der Waals surface area contributed by atoms with Crippen LogP contribution in [0.25, 0.3) is 0 Å². The second-order valence-electron chi connectivity index (χ2n) is 6.68. The number of nitrogens with one attached hydrogen (secondary N) is 1. The van der Waals surface area contributed by atoms with Crippen LogP contribution in [0.5, 0.6) is 0 Å². The van der Waals surface area contributed by atoms with E-state index < -0.39 is 0 Å². The van der Waals surface area contributed by atoms with Gasteiger partial charge in [-0.05, 0) is 38.5 Å². The summed E-state index contributed by atoms with van der Waals surface area (Å²) in [6.07, 6.45) is 17.1. The van der Waals surface area contributed by atoms with Crippen molar-refractivity contribution < 1.29 is 0 Å². The van der Waals surface area contributed by atoms with Gasteiger partial charge in [-0.15, -0.1) is 0 Å². The van der Waals surface area contributed by atoms with Gasteiger partial charge in [0.15, 0.2) is 0 Å². The minimum Gasteiger partial charge on any atom is -0.311 e. The third-order valence-electron chi connectivity index (χ3n) is 4.90. The fourth-order valence-corrected chi connectivity index (χ4v) is 3.63. The van der Waals surface area contributed by atoms with Gasteiger partial charge in [0.25, 0.3) is 0 Å². The molecular formula is C18H37N. The van der Waals surface area contributed by atoms with Gasteiger partial charge in [0.1, 0.15) is 0 Å². The van der Waals surface area contributed by atoms with E-state index in [4.69, 9.17) is 0 Å². The predicted octanol–water partition coefficient (Wildman–Crippen LogP) is 5.68. The van der Waals surface area contributed by atoms with Crippen LogP contribution >= 0.6 is 0 Å². The van der Waals surface area contributed by atoms with Crippen LogP contribution in [0.15, 0.2) is 0 Å². The monoisotopic (exact) mass is 267 g/mol. The van der Waals surface area contributed by atoms with E-state index >= 15 is 0 Å². The summed E-state index contributed by atoms with van der Waals surface area (Å²) in [6, 6.07) is 1.50. The normalized spacial score (nSPS) is 20.4. The Hall–Kier alpha value is -0.0400. The molecule has 1 aliphatic carbocycles. The van der Waals surface area contributed by atoms with Crippen molar-refractivity contribution >= 4 is 0 Å². The molecule has 0 aromatic carbocycles. The summed E-state index contributed by atoms with van der Waals surface area (Å²) >= 11 is 0. The summed E-state index contributed by atoms with van der Waals surface area (Å²) in [4.78, 5) is 0. The molecular weight excluding hydrogens is 230 g/mol. The van der Waals surface area contributed by atoms with Crippen molar-refractivity contribution in [2.75, 3.05) is 0 Å². The number of rotatable bonds is 10. The molecule has 0 aliphatic heterocycles. The Morgan fingerprint density at radius 2 is 1.63 bits per heavy atom. The van der Waals surface area contributed by atoms with E-state index in [0.717, 1.165) is 12.0 Å². The molecule has 114 valence electrons. The standard InChI is InChI=1S/C18H37N/c1-4-6-7-8-10-13-16(3)19-18(5-2)17-14-11-9-12-15-17/h16-19H,4-15H2,1-3H3. The van der Waals surface area contributed by atoms with Crippen LogP contribution in [-0.4, -0.2) is 12.1 Å². The van der Waals surface area contributed by atoms with Crippen molar-refractivity contribution in [3.63, 3.8) is 0 Å². The molecule has 1 saturated carbocycles. The maximum Gasteiger partial charge on any atom is 0.00951 e. The SMILES string of the molecule is CCCCCCCC(C)NC(CC)C1CCCCC1. The molecule has 0 heterocycles. The Morgan fingerprint density at radius 1 is 0.947 bits per heavy atom. The largest absolute Gasteiger partial charge is 0.311 e. The van der Waals surface area contributed by atoms with Gasteiger partial charge in [0, 0.05) is 12.1 Å². The summed E-state index contributed by atoms with van der Waals surface area (Å²) in [6.45, 7) is 7.05. The molecule has 1 nitrogen and oxygen atoms in total. The summed E-state index contributed by atoms with van der Waals surface area (Å²) in [7, 11) is 0. The molecule has 0 spiro atoms. The van der Waals surface area contributed by atoms with Crippen molar-refractivity contribution in [2.45, 2.75) is 110 Å². The van der Waals surface area contributed by atoms with Crippen LogP contribution < -0.4 is 5.32 Å². The van der Waals surface area contributed by atoms with E-state index in [1.54, 1.807) is 0 Å². The molecule has 1 fully saturated rings. The van der Waals surface area contributed by atoms with E-state index in [1.165, 1.54) is 77.0 Å². The molecule has 19 heavy (non-hydrogen) atoms. The average molecular weight is 268 g/mol. The molecule has 1 rings (SSSR count). The number of hydrogen-bond donors (Lipinski definition) is 1. The Balaban J connectivity index is 2.14. The Bertz CT molecular complexity index is 196. The maximum atomic E-state index is 3.93. The first kappa shape index (κ1) is 17.0. The molecule has 0 amide bonds. The van der Waals surface area contributed by atoms with Crippen LogP contribution in [0.3, 0.4) is 0 Å². The van der Waals surface area contributed by atoms with Crippen molar-refractivity contribution in [2.24, 2.45) is 5.92 Å². The van der Waals surface area contributed by atoms with Gasteiger partial charge in [0.05, 0.1) is 0 Å². The third kappa shape index (κ3) is 7.34. The van der Waals surface area contributed by atoms with Crippen molar-refractivity contribution in [1.82, 2.24) is 5.32 Å². The second kappa shape index (κ2) is 10.7. The Kier molecular flexibility index (Phi) is 9.59. The highest BCUT2D eigenvalue weighted by molar-refractivity contribution is 4.80. The van der Waals surface area contributed by atoms with Gasteiger partial charge in [-0.2, -0.15) is 0 Å². The lowest BCUT2D eigenvalue weighted by Crippen LogP contribution is -2.41. The number of unbranched alkanes of at least 4 members (excludes halogenated alkanes) is 4. The van der Waals surface area contributed by atoms with Crippen LogP contribution in [0.4, 0.5) is 0 Å². The first-order valence-electron chi connectivity index (χ1n) is 9.04. The zero-order valence-corrected chi connectivity index (χ0v) is 13.7. The first-order valence-corrected chi connectivity index (χ1v) is 9.04. The molecule has 0 aromatic heterocycles. The summed E-state index contributed by atoms with van der Waals surface area (Å²) in [5.74, 6) is 0.960. The zero-order valence-electron chi connectivity index (χ0n) is 13.7. The highest BCUT2D eigenvalue weighted by Gasteiger charge is 2.22. The van der Waals surface area contributed by atoms with Gasteiger partial charge in [-0.1, -0.05) is 65.2 Å². The minimum atomic E-state index is 0.716. The predicted molar refractivity (Wildman–Crippen MR) is 86.6 cm³/mol. The van der Waals surface area contributed by atoms with E-state index in [-0.39, 0.29) is 0 Å². The highest BCUT2D eigenvalue weighted by Crippen LogP contribution is 2.28. The molecule has 2 atom stereocenters. The maximum absolute atomic E-state index is 3.93. The molecule has 1 aliphatic rings. The van der Waals surface area contributed by atoms with Crippen molar-refractivity contribution in [3.05, 3.63) is 0 Å². The lowest BCUT2D eigenvalue weighted by molar-refractivity contribution is 0.244. The molecule has 1 N–H and O–H groups in total. The van der Waals surface area contributed by atoms with Crippen LogP contribution in [-0.2, 0) is 0 Å². The number of hydrogen-bond acceptors (Lipinski definition) is 1. The van der Waals surface area contributed by atoms with Gasteiger partial charge in [-0.25, -0.2) is 0 Å². The van der Waals surface area contributed by atoms with E-state index in [2.05, 4.69) is 26.1 Å². The molecule has 0 bridgehead atoms. The fourth-order valence-electron chi connectivity index (χ4n) is 3.63. The minimum absolute atomic E-state index is 0.716. The average Bonchev–Trinajstić information content (AvgIpc) is 2.45. The van der Waals surface area contributed by atoms with E-state index in [0.29, 0.717) is 6.04 Å². The highest BCUT2D eigenvalue weighted by atomic mass is 14.9. The van der Waals surface area contributed by atoms with Gasteiger partial charge >= 0.3 is 0 Å². The fraction of sp³-hybridized carbons (Fsp3) is 1.00.